The Balaban J connectivity index is 1.85. The van der Waals surface area contributed by atoms with E-state index in [1.807, 2.05) is 9.80 Å². The number of rotatable bonds is 5. The van der Waals surface area contributed by atoms with Crippen LogP contribution in [0.15, 0.2) is 0 Å². The van der Waals surface area contributed by atoms with E-state index in [4.69, 9.17) is 9.53 Å². The molecule has 0 spiro atoms. The van der Waals surface area contributed by atoms with E-state index in [0.717, 1.165) is 32.4 Å². The molecule has 0 aromatic rings. The number of hydrogen-bond acceptors (Lipinski definition) is 3. The Labute approximate surface area is 158 Å². The number of carboxylic acid groups (broad SMARTS) is 1. The molecule has 2 rings (SSSR count). The zero-order valence-corrected chi connectivity index (χ0v) is 18.0. The van der Waals surface area contributed by atoms with Crippen molar-refractivity contribution < 1.29 is 19.1 Å². The fourth-order valence-electron chi connectivity index (χ4n) is 3.35. The molecule has 8 heteroatoms. The molecule has 2 saturated heterocycles. The molecule has 0 saturated carbocycles. The van der Waals surface area contributed by atoms with Crippen LogP contribution in [-0.4, -0.2) is 85.6 Å². The Kier molecular flexibility index (Phi) is 6.60. The fourth-order valence-corrected chi connectivity index (χ4v) is 4.38. The summed E-state index contributed by atoms with van der Waals surface area (Å²) in [5, 5.41) is 9.25. The second kappa shape index (κ2) is 8.16. The number of likely N-dealkylation sites (tertiary alicyclic amines) is 1. The number of hydrogen-bond donors (Lipinski definition) is 1. The first-order chi connectivity index (χ1) is 12.0. The molecule has 26 heavy (non-hydrogen) atoms. The number of amides is 3. The predicted octanol–water partition coefficient (Wildman–Crippen LogP) is 3.28. The van der Waals surface area contributed by atoms with E-state index in [1.165, 1.54) is 4.90 Å². The highest BCUT2D eigenvalue weighted by Crippen LogP contribution is 2.36. The van der Waals surface area contributed by atoms with Crippen molar-refractivity contribution >= 4 is 20.4 Å². The zero-order chi connectivity index (χ0) is 19.5. The molecule has 150 valence electrons. The molecule has 3 amide bonds. The van der Waals surface area contributed by atoms with Crippen molar-refractivity contribution in [1.82, 2.24) is 14.7 Å². The Morgan fingerprint density at radius 1 is 1.19 bits per heavy atom. The highest BCUT2D eigenvalue weighted by Gasteiger charge is 2.38. The van der Waals surface area contributed by atoms with Gasteiger partial charge in [0.25, 0.3) is 0 Å². The maximum Gasteiger partial charge on any atom is 0.407 e. The molecule has 0 bridgehead atoms. The van der Waals surface area contributed by atoms with E-state index in [1.54, 1.807) is 0 Å². The van der Waals surface area contributed by atoms with E-state index in [-0.39, 0.29) is 17.1 Å². The number of piperidine rings is 1. The summed E-state index contributed by atoms with van der Waals surface area (Å²) in [6, 6.07) is 0.242. The minimum atomic E-state index is -1.79. The van der Waals surface area contributed by atoms with Gasteiger partial charge < -0.3 is 24.2 Å². The van der Waals surface area contributed by atoms with Crippen LogP contribution in [0.2, 0.25) is 18.1 Å². The first kappa shape index (κ1) is 21.0. The Morgan fingerprint density at radius 3 is 2.35 bits per heavy atom. The summed E-state index contributed by atoms with van der Waals surface area (Å²) in [7, 11) is -1.79. The molecule has 0 aromatic heterocycles. The van der Waals surface area contributed by atoms with Crippen molar-refractivity contribution in [3.05, 3.63) is 0 Å². The largest absolute Gasteiger partial charge is 0.465 e. The average Bonchev–Trinajstić information content (AvgIpc) is 2.55. The summed E-state index contributed by atoms with van der Waals surface area (Å²) in [6.07, 6.45) is 1.56. The summed E-state index contributed by atoms with van der Waals surface area (Å²) in [5.74, 6) is 0. The molecule has 0 unspecified atom stereocenters. The summed E-state index contributed by atoms with van der Waals surface area (Å²) in [6.45, 7) is 14.9. The molecule has 0 radical (unpaired) electrons. The van der Waals surface area contributed by atoms with Crippen molar-refractivity contribution in [2.45, 2.75) is 64.2 Å². The van der Waals surface area contributed by atoms with Gasteiger partial charge in [-0.2, -0.15) is 0 Å². The van der Waals surface area contributed by atoms with Gasteiger partial charge in [-0.05, 0) is 37.4 Å². The Bertz CT molecular complexity index is 513. The van der Waals surface area contributed by atoms with Crippen molar-refractivity contribution in [2.24, 2.45) is 0 Å². The highest BCUT2D eigenvalue weighted by molar-refractivity contribution is 6.74. The molecular formula is C18H35N3O4Si. The molecule has 7 nitrogen and oxygen atoms in total. The van der Waals surface area contributed by atoms with Crippen molar-refractivity contribution in [2.75, 3.05) is 39.3 Å². The van der Waals surface area contributed by atoms with Crippen LogP contribution in [0.1, 0.15) is 40.0 Å². The van der Waals surface area contributed by atoms with Gasteiger partial charge in [0.1, 0.15) is 0 Å². The lowest BCUT2D eigenvalue weighted by molar-refractivity contribution is 0.0717. The maximum absolute atomic E-state index is 12.9. The van der Waals surface area contributed by atoms with E-state index in [9.17, 15) is 9.59 Å². The number of urea groups is 1. The number of carbonyl (C=O) groups is 2. The summed E-state index contributed by atoms with van der Waals surface area (Å²) in [4.78, 5) is 29.2. The zero-order valence-electron chi connectivity index (χ0n) is 17.0. The topological polar surface area (TPSA) is 73.3 Å². The quantitative estimate of drug-likeness (QED) is 0.737. The van der Waals surface area contributed by atoms with Gasteiger partial charge in [-0.25, -0.2) is 9.59 Å². The van der Waals surface area contributed by atoms with Crippen LogP contribution in [-0.2, 0) is 4.43 Å². The van der Waals surface area contributed by atoms with Crippen LogP contribution < -0.4 is 0 Å². The molecule has 1 N–H and O–H groups in total. The van der Waals surface area contributed by atoms with Gasteiger partial charge in [0.15, 0.2) is 8.32 Å². The van der Waals surface area contributed by atoms with Gasteiger partial charge in [0.05, 0.1) is 6.61 Å². The summed E-state index contributed by atoms with van der Waals surface area (Å²) < 4.78 is 6.22. The van der Waals surface area contributed by atoms with Gasteiger partial charge in [-0.3, -0.25) is 0 Å². The third kappa shape index (κ3) is 4.91. The maximum atomic E-state index is 12.9. The lowest BCUT2D eigenvalue weighted by Gasteiger charge is -2.43. The SMILES string of the molecule is CC(C)(C)[Si](C)(C)OCCN1CCCN(C2CCN(C(=O)O)CC2)C1=O. The molecule has 2 aliphatic heterocycles. The molecule has 0 aliphatic carbocycles. The normalized spacial score (nSPS) is 20.7. The minimum absolute atomic E-state index is 0.0869. The van der Waals surface area contributed by atoms with Gasteiger partial charge in [-0.15, -0.1) is 0 Å². The summed E-state index contributed by atoms with van der Waals surface area (Å²) in [5.41, 5.74) is 0. The van der Waals surface area contributed by atoms with Crippen LogP contribution in [0.5, 0.6) is 0 Å². The van der Waals surface area contributed by atoms with Gasteiger partial charge in [0.2, 0.25) is 0 Å². The first-order valence-corrected chi connectivity index (χ1v) is 12.6. The molecular weight excluding hydrogens is 350 g/mol. The van der Waals surface area contributed by atoms with Gasteiger partial charge >= 0.3 is 12.1 Å². The lowest BCUT2D eigenvalue weighted by Crippen LogP contribution is -2.56. The summed E-state index contributed by atoms with van der Waals surface area (Å²) >= 11 is 0. The number of carbonyl (C=O) groups excluding carboxylic acids is 1. The van der Waals surface area contributed by atoms with Crippen molar-refractivity contribution in [3.8, 4) is 0 Å². The third-order valence-corrected chi connectivity index (χ3v) is 10.7. The monoisotopic (exact) mass is 385 g/mol. The second-order valence-electron chi connectivity index (χ2n) is 8.93. The third-order valence-electron chi connectivity index (χ3n) is 6.15. The van der Waals surface area contributed by atoms with E-state index in [2.05, 4.69) is 33.9 Å². The predicted molar refractivity (Wildman–Crippen MR) is 104 cm³/mol. The van der Waals surface area contributed by atoms with Crippen LogP contribution in [0.25, 0.3) is 0 Å². The second-order valence-corrected chi connectivity index (χ2v) is 13.7. The van der Waals surface area contributed by atoms with Crippen molar-refractivity contribution in [3.63, 3.8) is 0 Å². The van der Waals surface area contributed by atoms with Crippen LogP contribution in [0, 0.1) is 0 Å². The van der Waals surface area contributed by atoms with Gasteiger partial charge in [0, 0.05) is 38.8 Å². The molecule has 0 aromatic carbocycles. The first-order valence-electron chi connectivity index (χ1n) is 9.70. The molecule has 2 aliphatic rings. The van der Waals surface area contributed by atoms with E-state index in [0.29, 0.717) is 26.2 Å². The Hall–Kier alpha value is -1.28. The van der Waals surface area contributed by atoms with Crippen molar-refractivity contribution in [1.29, 1.82) is 0 Å². The smallest absolute Gasteiger partial charge is 0.407 e. The van der Waals surface area contributed by atoms with E-state index >= 15 is 0 Å². The fraction of sp³-hybridized carbons (Fsp3) is 0.889. The highest BCUT2D eigenvalue weighted by atomic mass is 28.4. The van der Waals surface area contributed by atoms with Crippen LogP contribution in [0.3, 0.4) is 0 Å². The lowest BCUT2D eigenvalue weighted by atomic mass is 10.0. The molecule has 2 fully saturated rings. The molecule has 2 heterocycles. The van der Waals surface area contributed by atoms with E-state index < -0.39 is 14.4 Å². The Morgan fingerprint density at radius 2 is 1.81 bits per heavy atom. The standard InChI is InChI=1S/C18H35N3O4Si/c1-18(2,3)26(4,5)25-14-13-19-9-6-10-21(16(19)22)15-7-11-20(12-8-15)17(23)24/h15H,6-14H2,1-5H3,(H,23,24). The number of nitrogens with zero attached hydrogens (tertiary/aromatic N) is 3. The average molecular weight is 386 g/mol. The van der Waals surface area contributed by atoms with Crippen LogP contribution in [0.4, 0.5) is 9.59 Å². The minimum Gasteiger partial charge on any atom is -0.465 e. The van der Waals surface area contributed by atoms with Crippen LogP contribution >= 0.6 is 0 Å². The van der Waals surface area contributed by atoms with Gasteiger partial charge in [-0.1, -0.05) is 20.8 Å². The molecule has 0 atom stereocenters.